The van der Waals surface area contributed by atoms with E-state index in [-0.39, 0.29) is 18.0 Å². The Labute approximate surface area is 128 Å². The molecule has 0 aromatic heterocycles. The highest BCUT2D eigenvalue weighted by molar-refractivity contribution is 7.85. The molecule has 0 aliphatic carbocycles. The number of hydrogen-bond acceptors (Lipinski definition) is 3. The van der Waals surface area contributed by atoms with Gasteiger partial charge >= 0.3 is 0 Å². The summed E-state index contributed by atoms with van der Waals surface area (Å²) in [5.74, 6) is 1.70. The molecular weight excluding hydrogens is 284 g/mol. The van der Waals surface area contributed by atoms with E-state index in [4.69, 9.17) is 0 Å². The monoisotopic (exact) mass is 306 g/mol. The third-order valence-corrected chi connectivity index (χ3v) is 5.83. The average Bonchev–Trinajstić information content (AvgIpc) is 2.88. The number of nitrogens with zero attached hydrogens (tertiary/aromatic N) is 1. The summed E-state index contributed by atoms with van der Waals surface area (Å²) in [5.41, 5.74) is 1.28. The number of carbonyl (C=O) groups excluding carboxylic acids is 1. The number of aryl methyl sites for hydroxylation is 1. The van der Waals surface area contributed by atoms with E-state index >= 15 is 0 Å². The molecule has 2 aliphatic rings. The highest BCUT2D eigenvalue weighted by atomic mass is 32.2. The number of nitrogens with one attached hydrogen (secondary N) is 1. The summed E-state index contributed by atoms with van der Waals surface area (Å²) in [6.07, 6.45) is 3.53. The first-order valence-electron chi connectivity index (χ1n) is 7.67. The van der Waals surface area contributed by atoms with Crippen LogP contribution in [-0.4, -0.2) is 45.3 Å². The van der Waals surface area contributed by atoms with Crippen LogP contribution >= 0.6 is 0 Å². The minimum atomic E-state index is -0.668. The molecule has 4 nitrogen and oxygen atoms in total. The third-order valence-electron chi connectivity index (χ3n) is 4.45. The topological polar surface area (TPSA) is 49.4 Å². The standard InChI is InChI=1S/C16H22N2O2S/c19-16-15(7-6-13-4-2-1-3-5-13)17-12-18(16)14-8-10-21(20)11-9-14/h1-5,14-15,17H,6-12H2. The quantitative estimate of drug-likeness (QED) is 0.912. The van der Waals surface area contributed by atoms with Crippen molar-refractivity contribution in [3.05, 3.63) is 35.9 Å². The van der Waals surface area contributed by atoms with Crippen LogP contribution in [0.25, 0.3) is 0 Å². The molecule has 2 saturated heterocycles. The lowest BCUT2D eigenvalue weighted by Gasteiger charge is -2.30. The molecular formula is C16H22N2O2S. The Morgan fingerprint density at radius 3 is 2.62 bits per heavy atom. The second-order valence-corrected chi connectivity index (χ2v) is 7.52. The molecule has 2 heterocycles. The molecule has 0 bridgehead atoms. The number of amides is 1. The second kappa shape index (κ2) is 6.71. The summed E-state index contributed by atoms with van der Waals surface area (Å²) >= 11 is 0. The molecule has 1 amide bonds. The predicted molar refractivity (Wildman–Crippen MR) is 84.3 cm³/mol. The third kappa shape index (κ3) is 3.52. The molecule has 5 heteroatoms. The molecule has 1 atom stereocenters. The van der Waals surface area contributed by atoms with Gasteiger partial charge in [-0.15, -0.1) is 0 Å². The van der Waals surface area contributed by atoms with Crippen LogP contribution in [0.2, 0.25) is 0 Å². The maximum atomic E-state index is 12.5. The van der Waals surface area contributed by atoms with Gasteiger partial charge in [0.15, 0.2) is 0 Å². The van der Waals surface area contributed by atoms with Crippen molar-refractivity contribution in [1.82, 2.24) is 10.2 Å². The SMILES string of the molecule is O=C1C(CCc2ccccc2)NCN1C1CCS(=O)CC1. The van der Waals surface area contributed by atoms with Gasteiger partial charge in [-0.1, -0.05) is 30.3 Å². The van der Waals surface area contributed by atoms with Crippen LogP contribution in [0.5, 0.6) is 0 Å². The van der Waals surface area contributed by atoms with Crippen molar-refractivity contribution in [2.75, 3.05) is 18.2 Å². The van der Waals surface area contributed by atoms with E-state index in [1.165, 1.54) is 5.56 Å². The van der Waals surface area contributed by atoms with Crippen LogP contribution in [0.15, 0.2) is 30.3 Å². The molecule has 0 radical (unpaired) electrons. The van der Waals surface area contributed by atoms with E-state index in [1.54, 1.807) is 0 Å². The van der Waals surface area contributed by atoms with Crippen molar-refractivity contribution in [3.63, 3.8) is 0 Å². The van der Waals surface area contributed by atoms with Gasteiger partial charge in [-0.25, -0.2) is 0 Å². The number of carbonyl (C=O) groups is 1. The number of hydrogen-bond donors (Lipinski definition) is 1. The highest BCUT2D eigenvalue weighted by Crippen LogP contribution is 2.20. The normalized spacial score (nSPS) is 29.8. The van der Waals surface area contributed by atoms with Crippen molar-refractivity contribution < 1.29 is 9.00 Å². The Hall–Kier alpha value is -1.20. The van der Waals surface area contributed by atoms with Gasteiger partial charge < -0.3 is 4.90 Å². The zero-order valence-corrected chi connectivity index (χ0v) is 13.0. The molecule has 21 heavy (non-hydrogen) atoms. The summed E-state index contributed by atoms with van der Waals surface area (Å²) in [6, 6.07) is 10.5. The first-order chi connectivity index (χ1) is 10.2. The average molecular weight is 306 g/mol. The first kappa shape index (κ1) is 14.7. The number of rotatable bonds is 4. The number of benzene rings is 1. The molecule has 114 valence electrons. The van der Waals surface area contributed by atoms with Crippen LogP contribution in [0.4, 0.5) is 0 Å². The van der Waals surface area contributed by atoms with Crippen LogP contribution < -0.4 is 5.32 Å². The van der Waals surface area contributed by atoms with Crippen LogP contribution in [0.3, 0.4) is 0 Å². The Bertz CT molecular complexity index is 510. The minimum Gasteiger partial charge on any atom is -0.326 e. The molecule has 1 unspecified atom stereocenters. The predicted octanol–water partition coefficient (Wildman–Crippen LogP) is 1.29. The van der Waals surface area contributed by atoms with Crippen LogP contribution in [0, 0.1) is 0 Å². The first-order valence-corrected chi connectivity index (χ1v) is 9.15. The smallest absolute Gasteiger partial charge is 0.241 e. The molecule has 1 aromatic rings. The summed E-state index contributed by atoms with van der Waals surface area (Å²) in [7, 11) is -0.668. The lowest BCUT2D eigenvalue weighted by molar-refractivity contribution is -0.131. The lowest BCUT2D eigenvalue weighted by Crippen LogP contribution is -2.42. The van der Waals surface area contributed by atoms with Gasteiger partial charge in [0.1, 0.15) is 0 Å². The molecule has 1 N–H and O–H groups in total. The fourth-order valence-corrected chi connectivity index (χ4v) is 4.43. The van der Waals surface area contributed by atoms with E-state index in [0.717, 1.165) is 37.2 Å². The van der Waals surface area contributed by atoms with Gasteiger partial charge in [-0.05, 0) is 31.2 Å². The molecule has 2 fully saturated rings. The fourth-order valence-electron chi connectivity index (χ4n) is 3.16. The molecule has 0 spiro atoms. The van der Waals surface area contributed by atoms with E-state index in [1.807, 2.05) is 23.1 Å². The molecule has 3 rings (SSSR count). The Morgan fingerprint density at radius 1 is 1.19 bits per heavy atom. The van der Waals surface area contributed by atoms with Gasteiger partial charge in [0, 0.05) is 28.3 Å². The van der Waals surface area contributed by atoms with Crippen molar-refractivity contribution in [2.45, 2.75) is 37.8 Å². The summed E-state index contributed by atoms with van der Waals surface area (Å²) in [4.78, 5) is 14.5. The van der Waals surface area contributed by atoms with Gasteiger partial charge in [-0.3, -0.25) is 14.3 Å². The van der Waals surface area contributed by atoms with Crippen molar-refractivity contribution in [2.24, 2.45) is 0 Å². The Balaban J connectivity index is 1.53. The van der Waals surface area contributed by atoms with E-state index < -0.39 is 10.8 Å². The van der Waals surface area contributed by atoms with Crippen molar-refractivity contribution in [3.8, 4) is 0 Å². The highest BCUT2D eigenvalue weighted by Gasteiger charge is 2.36. The van der Waals surface area contributed by atoms with Crippen LogP contribution in [-0.2, 0) is 22.0 Å². The summed E-state index contributed by atoms with van der Waals surface area (Å²) < 4.78 is 11.4. The second-order valence-electron chi connectivity index (χ2n) is 5.83. The largest absolute Gasteiger partial charge is 0.326 e. The Morgan fingerprint density at radius 2 is 1.90 bits per heavy atom. The summed E-state index contributed by atoms with van der Waals surface area (Å²) in [5, 5.41) is 3.34. The van der Waals surface area contributed by atoms with Gasteiger partial charge in [-0.2, -0.15) is 0 Å². The van der Waals surface area contributed by atoms with E-state index in [0.29, 0.717) is 6.67 Å². The van der Waals surface area contributed by atoms with Gasteiger partial charge in [0.05, 0.1) is 12.7 Å². The van der Waals surface area contributed by atoms with E-state index in [2.05, 4.69) is 17.4 Å². The molecule has 1 aromatic carbocycles. The molecule has 2 aliphatic heterocycles. The molecule has 0 saturated carbocycles. The maximum absolute atomic E-state index is 12.5. The summed E-state index contributed by atoms with van der Waals surface area (Å²) in [6.45, 7) is 0.648. The van der Waals surface area contributed by atoms with Crippen LogP contribution in [0.1, 0.15) is 24.8 Å². The Kier molecular flexibility index (Phi) is 4.70. The zero-order chi connectivity index (χ0) is 14.7. The van der Waals surface area contributed by atoms with Crippen molar-refractivity contribution in [1.29, 1.82) is 0 Å². The zero-order valence-electron chi connectivity index (χ0n) is 12.2. The fraction of sp³-hybridized carbons (Fsp3) is 0.562. The van der Waals surface area contributed by atoms with Gasteiger partial charge in [0.2, 0.25) is 5.91 Å². The van der Waals surface area contributed by atoms with Crippen molar-refractivity contribution >= 4 is 16.7 Å². The lowest BCUT2D eigenvalue weighted by atomic mass is 10.0. The van der Waals surface area contributed by atoms with E-state index in [9.17, 15) is 9.00 Å². The van der Waals surface area contributed by atoms with Gasteiger partial charge in [0.25, 0.3) is 0 Å². The minimum absolute atomic E-state index is 0.0577. The maximum Gasteiger partial charge on any atom is 0.241 e.